The number of aromatic nitrogens is 1. The van der Waals surface area contributed by atoms with Crippen LogP contribution in [0.5, 0.6) is 0 Å². The molecule has 0 saturated carbocycles. The highest BCUT2D eigenvalue weighted by atomic mass is 16.2. The number of amides is 1. The first-order chi connectivity index (χ1) is 9.15. The van der Waals surface area contributed by atoms with Crippen molar-refractivity contribution in [3.63, 3.8) is 0 Å². The summed E-state index contributed by atoms with van der Waals surface area (Å²) < 4.78 is 0. The number of benzene rings is 1. The van der Waals surface area contributed by atoms with Crippen molar-refractivity contribution in [3.05, 3.63) is 59.9 Å². The third-order valence-corrected chi connectivity index (χ3v) is 2.81. The maximum atomic E-state index is 11.9. The van der Waals surface area contributed by atoms with Crippen LogP contribution in [0.1, 0.15) is 11.3 Å². The van der Waals surface area contributed by atoms with E-state index in [-0.39, 0.29) is 5.91 Å². The molecule has 2 rings (SSSR count). The molecule has 0 spiro atoms. The highest BCUT2D eigenvalue weighted by molar-refractivity contribution is 5.94. The highest BCUT2D eigenvalue weighted by Gasteiger charge is 2.14. The van der Waals surface area contributed by atoms with Gasteiger partial charge >= 0.3 is 0 Å². The third-order valence-electron chi connectivity index (χ3n) is 2.81. The minimum absolute atomic E-state index is 0.200. The molecule has 2 aromatic rings. The molecule has 0 aliphatic rings. The Morgan fingerprint density at radius 2 is 2.00 bits per heavy atom. The van der Waals surface area contributed by atoms with E-state index in [0.717, 1.165) is 11.3 Å². The Morgan fingerprint density at radius 3 is 2.63 bits per heavy atom. The van der Waals surface area contributed by atoms with Crippen LogP contribution in [0.3, 0.4) is 0 Å². The van der Waals surface area contributed by atoms with Crippen LogP contribution < -0.4 is 11.1 Å². The van der Waals surface area contributed by atoms with Crippen LogP contribution in [0.15, 0.2) is 48.7 Å². The molecule has 1 aromatic heterocycles. The second kappa shape index (κ2) is 6.11. The molecule has 1 unspecified atom stereocenters. The van der Waals surface area contributed by atoms with Gasteiger partial charge in [-0.3, -0.25) is 9.78 Å². The number of nitrogens with zero attached hydrogens (tertiary/aromatic N) is 1. The molecule has 98 valence electrons. The number of pyridine rings is 1. The SMILES string of the molecule is Cc1ccc(NC(=O)C(N)Cc2ccccc2)cn1. The summed E-state index contributed by atoms with van der Waals surface area (Å²) in [4.78, 5) is 16.1. The number of anilines is 1. The number of hydrogen-bond donors (Lipinski definition) is 2. The van der Waals surface area contributed by atoms with Gasteiger partial charge < -0.3 is 11.1 Å². The zero-order valence-electron chi connectivity index (χ0n) is 10.8. The molecule has 4 heteroatoms. The molecule has 0 bridgehead atoms. The van der Waals surface area contributed by atoms with Gasteiger partial charge in [0.1, 0.15) is 0 Å². The van der Waals surface area contributed by atoms with Crippen molar-refractivity contribution >= 4 is 11.6 Å². The summed E-state index contributed by atoms with van der Waals surface area (Å²) in [6.07, 6.45) is 2.15. The number of rotatable bonds is 4. The second-order valence-electron chi connectivity index (χ2n) is 4.47. The predicted molar refractivity (Wildman–Crippen MR) is 75.7 cm³/mol. The van der Waals surface area contributed by atoms with Crippen LogP contribution in [0.25, 0.3) is 0 Å². The summed E-state index contributed by atoms with van der Waals surface area (Å²) in [7, 11) is 0. The zero-order chi connectivity index (χ0) is 13.7. The average Bonchev–Trinajstić information content (AvgIpc) is 2.42. The van der Waals surface area contributed by atoms with Crippen molar-refractivity contribution in [1.82, 2.24) is 4.98 Å². The number of nitrogens with two attached hydrogens (primary N) is 1. The van der Waals surface area contributed by atoms with E-state index in [2.05, 4.69) is 10.3 Å². The van der Waals surface area contributed by atoms with Gasteiger partial charge in [-0.15, -0.1) is 0 Å². The molecule has 0 radical (unpaired) electrons. The monoisotopic (exact) mass is 255 g/mol. The van der Waals surface area contributed by atoms with Gasteiger partial charge in [-0.1, -0.05) is 30.3 Å². The molecular weight excluding hydrogens is 238 g/mol. The zero-order valence-corrected chi connectivity index (χ0v) is 10.8. The molecule has 4 nitrogen and oxygen atoms in total. The Balaban J connectivity index is 1.94. The number of aryl methyl sites for hydroxylation is 1. The minimum Gasteiger partial charge on any atom is -0.323 e. The Morgan fingerprint density at radius 1 is 1.26 bits per heavy atom. The lowest BCUT2D eigenvalue weighted by atomic mass is 10.1. The summed E-state index contributed by atoms with van der Waals surface area (Å²) in [5.41, 5.74) is 8.52. The van der Waals surface area contributed by atoms with E-state index in [4.69, 9.17) is 5.73 Å². The summed E-state index contributed by atoms with van der Waals surface area (Å²) in [6.45, 7) is 1.90. The van der Waals surface area contributed by atoms with Gasteiger partial charge in [0.2, 0.25) is 5.91 Å². The quantitative estimate of drug-likeness (QED) is 0.876. The summed E-state index contributed by atoms with van der Waals surface area (Å²) >= 11 is 0. The summed E-state index contributed by atoms with van der Waals surface area (Å²) in [5.74, 6) is -0.200. The molecule has 1 atom stereocenters. The van der Waals surface area contributed by atoms with E-state index in [0.29, 0.717) is 12.1 Å². The number of nitrogens with one attached hydrogen (secondary N) is 1. The van der Waals surface area contributed by atoms with Crippen molar-refractivity contribution < 1.29 is 4.79 Å². The molecule has 1 heterocycles. The fraction of sp³-hybridized carbons (Fsp3) is 0.200. The van der Waals surface area contributed by atoms with Crippen LogP contribution in [-0.2, 0) is 11.2 Å². The lowest BCUT2D eigenvalue weighted by Gasteiger charge is -2.12. The van der Waals surface area contributed by atoms with Crippen LogP contribution in [-0.4, -0.2) is 16.9 Å². The maximum absolute atomic E-state index is 11.9. The molecule has 1 amide bonds. The number of hydrogen-bond acceptors (Lipinski definition) is 3. The number of carbonyl (C=O) groups is 1. The Bertz CT molecular complexity index is 537. The molecule has 0 fully saturated rings. The Kier molecular flexibility index (Phi) is 4.26. The molecule has 1 aromatic carbocycles. The summed E-state index contributed by atoms with van der Waals surface area (Å²) in [6, 6.07) is 12.8. The first kappa shape index (κ1) is 13.2. The van der Waals surface area contributed by atoms with Gasteiger partial charge in [0.15, 0.2) is 0 Å². The van der Waals surface area contributed by atoms with E-state index >= 15 is 0 Å². The van der Waals surface area contributed by atoms with Gasteiger partial charge in [0.05, 0.1) is 17.9 Å². The van der Waals surface area contributed by atoms with E-state index < -0.39 is 6.04 Å². The van der Waals surface area contributed by atoms with Gasteiger partial charge in [0.25, 0.3) is 0 Å². The van der Waals surface area contributed by atoms with Crippen LogP contribution >= 0.6 is 0 Å². The Labute approximate surface area is 112 Å². The van der Waals surface area contributed by atoms with Crippen molar-refractivity contribution in [2.75, 3.05) is 5.32 Å². The van der Waals surface area contributed by atoms with E-state index in [1.54, 1.807) is 6.20 Å². The van der Waals surface area contributed by atoms with Crippen LogP contribution in [0.2, 0.25) is 0 Å². The molecule has 3 N–H and O–H groups in total. The lowest BCUT2D eigenvalue weighted by Crippen LogP contribution is -2.37. The molecule has 0 aliphatic carbocycles. The maximum Gasteiger partial charge on any atom is 0.241 e. The molecule has 0 saturated heterocycles. The van der Waals surface area contributed by atoms with Crippen LogP contribution in [0.4, 0.5) is 5.69 Å². The van der Waals surface area contributed by atoms with Gasteiger partial charge in [0, 0.05) is 5.69 Å². The predicted octanol–water partition coefficient (Wildman–Crippen LogP) is 1.90. The molecule has 0 aliphatic heterocycles. The van der Waals surface area contributed by atoms with E-state index in [1.165, 1.54) is 0 Å². The molecule has 19 heavy (non-hydrogen) atoms. The minimum atomic E-state index is -0.566. The highest BCUT2D eigenvalue weighted by Crippen LogP contribution is 2.07. The van der Waals surface area contributed by atoms with Crippen molar-refractivity contribution in [2.24, 2.45) is 5.73 Å². The van der Waals surface area contributed by atoms with Gasteiger partial charge in [-0.2, -0.15) is 0 Å². The van der Waals surface area contributed by atoms with E-state index in [9.17, 15) is 4.79 Å². The topological polar surface area (TPSA) is 68.0 Å². The smallest absolute Gasteiger partial charge is 0.241 e. The third kappa shape index (κ3) is 3.89. The second-order valence-corrected chi connectivity index (χ2v) is 4.47. The van der Waals surface area contributed by atoms with Crippen molar-refractivity contribution in [2.45, 2.75) is 19.4 Å². The summed E-state index contributed by atoms with van der Waals surface area (Å²) in [5, 5.41) is 2.76. The Hall–Kier alpha value is -2.20. The number of carbonyl (C=O) groups excluding carboxylic acids is 1. The van der Waals surface area contributed by atoms with Crippen molar-refractivity contribution in [1.29, 1.82) is 0 Å². The van der Waals surface area contributed by atoms with Crippen molar-refractivity contribution in [3.8, 4) is 0 Å². The standard InChI is InChI=1S/C15H17N3O/c1-11-7-8-13(10-17-11)18-15(19)14(16)9-12-5-3-2-4-6-12/h2-8,10,14H,9,16H2,1H3,(H,18,19). The van der Waals surface area contributed by atoms with Gasteiger partial charge in [-0.05, 0) is 31.0 Å². The largest absolute Gasteiger partial charge is 0.323 e. The normalized spacial score (nSPS) is 11.9. The first-order valence-electron chi connectivity index (χ1n) is 6.18. The average molecular weight is 255 g/mol. The first-order valence-corrected chi connectivity index (χ1v) is 6.18. The van der Waals surface area contributed by atoms with Gasteiger partial charge in [-0.25, -0.2) is 0 Å². The van der Waals surface area contributed by atoms with Crippen LogP contribution in [0, 0.1) is 6.92 Å². The lowest BCUT2D eigenvalue weighted by molar-refractivity contribution is -0.117. The van der Waals surface area contributed by atoms with E-state index in [1.807, 2.05) is 49.4 Å². The fourth-order valence-corrected chi connectivity index (χ4v) is 1.74. The fourth-order valence-electron chi connectivity index (χ4n) is 1.74. The molecular formula is C15H17N3O.